The van der Waals surface area contributed by atoms with E-state index in [1.165, 1.54) is 30.6 Å². The van der Waals surface area contributed by atoms with Gasteiger partial charge in [0.15, 0.2) is 9.84 Å². The van der Waals surface area contributed by atoms with Crippen molar-refractivity contribution < 1.29 is 13.5 Å². The van der Waals surface area contributed by atoms with E-state index >= 15 is 0 Å². The number of nitrogen functional groups attached to an aromatic ring is 1. The maximum atomic E-state index is 12.1. The third kappa shape index (κ3) is 3.55. The van der Waals surface area contributed by atoms with Crippen LogP contribution in [0, 0.1) is 0 Å². The van der Waals surface area contributed by atoms with E-state index in [4.69, 9.17) is 5.73 Å². The molecule has 0 saturated heterocycles. The smallest absolute Gasteiger partial charge is 0.180 e. The Bertz CT molecular complexity index is 621. The highest BCUT2D eigenvalue weighted by atomic mass is 32.2. The molecule has 0 fully saturated rings. The molecule has 1 aromatic heterocycles. The minimum absolute atomic E-state index is 0.159. The zero-order valence-corrected chi connectivity index (χ0v) is 11.0. The van der Waals surface area contributed by atoms with E-state index in [1.807, 2.05) is 0 Å². The van der Waals surface area contributed by atoms with Gasteiger partial charge in [-0.25, -0.2) is 13.4 Å². The molecule has 1 aromatic carbocycles. The van der Waals surface area contributed by atoms with Crippen LogP contribution in [0.25, 0.3) is 0 Å². The maximum absolute atomic E-state index is 12.1. The van der Waals surface area contributed by atoms with Crippen molar-refractivity contribution in [3.63, 3.8) is 0 Å². The molecule has 102 valence electrons. The van der Waals surface area contributed by atoms with Crippen molar-refractivity contribution in [2.75, 3.05) is 11.5 Å². The normalized spacial score (nSPS) is 13.3. The Hall–Kier alpha value is -1.86. The third-order valence-corrected chi connectivity index (χ3v) is 4.45. The van der Waals surface area contributed by atoms with E-state index in [-0.39, 0.29) is 17.2 Å². The van der Waals surface area contributed by atoms with Gasteiger partial charge < -0.3 is 15.4 Å². The molecule has 0 bridgehead atoms. The average molecular weight is 281 g/mol. The molecule has 19 heavy (non-hydrogen) atoms. The number of benzene rings is 1. The van der Waals surface area contributed by atoms with Crippen LogP contribution in [0.4, 0.5) is 5.69 Å². The summed E-state index contributed by atoms with van der Waals surface area (Å²) in [5, 5.41) is 9.82. The Balaban J connectivity index is 2.06. The summed E-state index contributed by atoms with van der Waals surface area (Å²) >= 11 is 0. The standard InChI is InChI=1S/C12H15N3O3S/c13-10-1-3-12(4-2-10)19(17,18)8-11(16)7-15-6-5-14-9-15/h1-6,9,11,16H,7-8,13H2. The molecule has 2 rings (SSSR count). The molecule has 0 aliphatic heterocycles. The first-order chi connectivity index (χ1) is 8.97. The first kappa shape index (κ1) is 13.6. The van der Waals surface area contributed by atoms with Crippen LogP contribution >= 0.6 is 0 Å². The highest BCUT2D eigenvalue weighted by Crippen LogP contribution is 2.14. The fraction of sp³-hybridized carbons (Fsp3) is 0.250. The summed E-state index contributed by atoms with van der Waals surface area (Å²) in [6, 6.07) is 5.92. The molecule has 0 aliphatic rings. The van der Waals surface area contributed by atoms with Crippen molar-refractivity contribution in [1.29, 1.82) is 0 Å². The third-order valence-electron chi connectivity index (χ3n) is 2.63. The minimum atomic E-state index is -3.52. The van der Waals surface area contributed by atoms with Crippen LogP contribution in [-0.4, -0.2) is 34.9 Å². The number of aromatic nitrogens is 2. The lowest BCUT2D eigenvalue weighted by Crippen LogP contribution is -2.25. The molecule has 0 radical (unpaired) electrons. The molecule has 1 heterocycles. The SMILES string of the molecule is Nc1ccc(S(=O)(=O)CC(O)Cn2ccnc2)cc1. The number of hydrogen-bond acceptors (Lipinski definition) is 5. The summed E-state index contributed by atoms with van der Waals surface area (Å²) < 4.78 is 25.7. The van der Waals surface area contributed by atoms with Gasteiger partial charge in [0.05, 0.1) is 29.6 Å². The van der Waals surface area contributed by atoms with Crippen molar-refractivity contribution in [1.82, 2.24) is 9.55 Å². The minimum Gasteiger partial charge on any atom is -0.399 e. The van der Waals surface area contributed by atoms with E-state index < -0.39 is 15.9 Å². The Morgan fingerprint density at radius 1 is 1.32 bits per heavy atom. The van der Waals surface area contributed by atoms with Crippen LogP contribution in [0.15, 0.2) is 47.9 Å². The molecule has 2 aromatic rings. The molecule has 0 aliphatic carbocycles. The molecule has 0 amide bonds. The summed E-state index contributed by atoms with van der Waals surface area (Å²) in [4.78, 5) is 3.99. The average Bonchev–Trinajstić information content (AvgIpc) is 2.81. The second-order valence-electron chi connectivity index (χ2n) is 4.26. The van der Waals surface area contributed by atoms with E-state index in [2.05, 4.69) is 4.98 Å². The second-order valence-corrected chi connectivity index (χ2v) is 6.30. The van der Waals surface area contributed by atoms with Crippen LogP contribution in [0.5, 0.6) is 0 Å². The molecule has 7 heteroatoms. The number of nitrogens with zero attached hydrogens (tertiary/aromatic N) is 2. The molecule has 3 N–H and O–H groups in total. The largest absolute Gasteiger partial charge is 0.399 e. The summed E-state index contributed by atoms with van der Waals surface area (Å²) in [6.07, 6.45) is 3.77. The highest BCUT2D eigenvalue weighted by Gasteiger charge is 2.19. The molecule has 0 spiro atoms. The van der Waals surface area contributed by atoms with Gasteiger partial charge in [0.25, 0.3) is 0 Å². The van der Waals surface area contributed by atoms with Gasteiger partial charge in [-0.2, -0.15) is 0 Å². The monoisotopic (exact) mass is 281 g/mol. The van der Waals surface area contributed by atoms with E-state index in [0.717, 1.165) is 0 Å². The number of hydrogen-bond donors (Lipinski definition) is 2. The van der Waals surface area contributed by atoms with Crippen LogP contribution in [0.3, 0.4) is 0 Å². The number of imidazole rings is 1. The molecular formula is C12H15N3O3S. The predicted molar refractivity (Wildman–Crippen MR) is 71.1 cm³/mol. The van der Waals surface area contributed by atoms with Crippen LogP contribution < -0.4 is 5.73 Å². The van der Waals surface area contributed by atoms with Gasteiger partial charge in [-0.15, -0.1) is 0 Å². The topological polar surface area (TPSA) is 98.2 Å². The van der Waals surface area contributed by atoms with E-state index in [9.17, 15) is 13.5 Å². The Morgan fingerprint density at radius 3 is 2.58 bits per heavy atom. The summed E-state index contributed by atoms with van der Waals surface area (Å²) in [5.41, 5.74) is 6.01. The molecule has 6 nitrogen and oxygen atoms in total. The molecule has 0 saturated carbocycles. The van der Waals surface area contributed by atoms with Gasteiger partial charge in [0.2, 0.25) is 0 Å². The number of rotatable bonds is 5. The lowest BCUT2D eigenvalue weighted by Gasteiger charge is -2.12. The van der Waals surface area contributed by atoms with Crippen LogP contribution in [0.2, 0.25) is 0 Å². The zero-order chi connectivity index (χ0) is 13.9. The summed E-state index contributed by atoms with van der Waals surface area (Å²) in [5.74, 6) is -0.338. The van der Waals surface area contributed by atoms with Gasteiger partial charge in [0.1, 0.15) is 0 Å². The maximum Gasteiger partial charge on any atom is 0.180 e. The van der Waals surface area contributed by atoms with Gasteiger partial charge in [0, 0.05) is 18.1 Å². The number of nitrogens with two attached hydrogens (primary N) is 1. The molecule has 1 atom stereocenters. The van der Waals surface area contributed by atoms with Crippen LogP contribution in [-0.2, 0) is 16.4 Å². The quantitative estimate of drug-likeness (QED) is 0.768. The number of anilines is 1. The van der Waals surface area contributed by atoms with Gasteiger partial charge >= 0.3 is 0 Å². The fourth-order valence-electron chi connectivity index (χ4n) is 1.72. The van der Waals surface area contributed by atoms with E-state index in [1.54, 1.807) is 17.0 Å². The molecule has 1 unspecified atom stereocenters. The Kier molecular flexibility index (Phi) is 3.87. The predicted octanol–water partition coefficient (Wildman–Crippen LogP) is 0.300. The summed E-state index contributed by atoms with van der Waals surface area (Å²) in [6.45, 7) is 0.189. The van der Waals surface area contributed by atoms with Gasteiger partial charge in [-0.05, 0) is 24.3 Å². The van der Waals surface area contributed by atoms with Gasteiger partial charge in [-0.3, -0.25) is 0 Å². The fourth-order valence-corrected chi connectivity index (χ4v) is 3.07. The number of aliphatic hydroxyl groups is 1. The van der Waals surface area contributed by atoms with E-state index in [0.29, 0.717) is 5.69 Å². The Morgan fingerprint density at radius 2 is 2.00 bits per heavy atom. The van der Waals surface area contributed by atoms with Crippen molar-refractivity contribution >= 4 is 15.5 Å². The van der Waals surface area contributed by atoms with Gasteiger partial charge in [-0.1, -0.05) is 0 Å². The Labute approximate surface area is 111 Å². The summed E-state index contributed by atoms with van der Waals surface area (Å²) in [7, 11) is -3.52. The lowest BCUT2D eigenvalue weighted by molar-refractivity contribution is 0.176. The number of aliphatic hydroxyl groups excluding tert-OH is 1. The highest BCUT2D eigenvalue weighted by molar-refractivity contribution is 7.91. The van der Waals surface area contributed by atoms with Crippen LogP contribution in [0.1, 0.15) is 0 Å². The van der Waals surface area contributed by atoms with Crippen molar-refractivity contribution in [3.05, 3.63) is 43.0 Å². The zero-order valence-electron chi connectivity index (χ0n) is 10.2. The van der Waals surface area contributed by atoms with Crippen molar-refractivity contribution in [2.45, 2.75) is 17.5 Å². The lowest BCUT2D eigenvalue weighted by atomic mass is 10.3. The second kappa shape index (κ2) is 5.41. The first-order valence-corrected chi connectivity index (χ1v) is 7.35. The number of sulfone groups is 1. The van der Waals surface area contributed by atoms with Crippen molar-refractivity contribution in [3.8, 4) is 0 Å². The van der Waals surface area contributed by atoms with Crippen molar-refractivity contribution in [2.24, 2.45) is 0 Å². The molecular weight excluding hydrogens is 266 g/mol. The first-order valence-electron chi connectivity index (χ1n) is 5.69.